The topological polar surface area (TPSA) is 87.7 Å². The molecule has 0 saturated heterocycles. The highest BCUT2D eigenvalue weighted by atomic mass is 32.2. The first-order valence-corrected chi connectivity index (χ1v) is 9.85. The molecular weight excluding hydrogens is 356 g/mol. The van der Waals surface area contributed by atoms with E-state index < -0.39 is 10.0 Å². The molecule has 0 atom stereocenters. The number of sulfonamides is 1. The Morgan fingerprint density at radius 3 is 2.72 bits per heavy atom. The quantitative estimate of drug-likeness (QED) is 0.565. The number of pyridine rings is 2. The number of rotatable bonds is 5. The van der Waals surface area contributed by atoms with E-state index in [9.17, 15) is 8.42 Å². The standard InChI is InChI=1S/C17H14N4O2S2/c22-25(23,16-7-6-15(24-16)14-5-1-2-8-18-14)20-11-13-10-12-4-3-9-19-17(12)21-13/h1-10,20H,11H2,(H,19,21). The number of fused-ring (bicyclic) bond motifs is 1. The Morgan fingerprint density at radius 2 is 1.92 bits per heavy atom. The fourth-order valence-electron chi connectivity index (χ4n) is 2.46. The summed E-state index contributed by atoms with van der Waals surface area (Å²) in [6, 6.07) is 14.6. The van der Waals surface area contributed by atoms with Crippen molar-refractivity contribution in [3.05, 3.63) is 66.6 Å². The van der Waals surface area contributed by atoms with Gasteiger partial charge in [-0.25, -0.2) is 18.1 Å². The van der Waals surface area contributed by atoms with E-state index in [-0.39, 0.29) is 10.8 Å². The molecule has 0 aromatic carbocycles. The molecule has 4 aromatic rings. The largest absolute Gasteiger partial charge is 0.342 e. The summed E-state index contributed by atoms with van der Waals surface area (Å²) in [4.78, 5) is 12.4. The Morgan fingerprint density at radius 1 is 1.04 bits per heavy atom. The normalized spacial score (nSPS) is 11.8. The van der Waals surface area contributed by atoms with Crippen LogP contribution >= 0.6 is 11.3 Å². The minimum absolute atomic E-state index is 0.176. The van der Waals surface area contributed by atoms with Crippen LogP contribution in [0.3, 0.4) is 0 Å². The van der Waals surface area contributed by atoms with Crippen molar-refractivity contribution in [1.29, 1.82) is 0 Å². The maximum Gasteiger partial charge on any atom is 0.250 e. The van der Waals surface area contributed by atoms with Gasteiger partial charge in [-0.3, -0.25) is 4.98 Å². The van der Waals surface area contributed by atoms with Gasteiger partial charge in [0.1, 0.15) is 9.86 Å². The lowest BCUT2D eigenvalue weighted by Crippen LogP contribution is -2.22. The Balaban J connectivity index is 1.53. The predicted octanol–water partition coefficient (Wildman–Crippen LogP) is 3.16. The zero-order valence-electron chi connectivity index (χ0n) is 13.0. The molecule has 0 radical (unpaired) electrons. The van der Waals surface area contributed by atoms with Gasteiger partial charge in [0.25, 0.3) is 0 Å². The van der Waals surface area contributed by atoms with Crippen molar-refractivity contribution in [1.82, 2.24) is 19.7 Å². The van der Waals surface area contributed by atoms with Crippen LogP contribution in [0.25, 0.3) is 21.6 Å². The van der Waals surface area contributed by atoms with E-state index in [2.05, 4.69) is 19.7 Å². The van der Waals surface area contributed by atoms with Crippen LogP contribution in [0.1, 0.15) is 5.69 Å². The predicted molar refractivity (Wildman–Crippen MR) is 97.7 cm³/mol. The van der Waals surface area contributed by atoms with E-state index in [1.807, 2.05) is 36.4 Å². The summed E-state index contributed by atoms with van der Waals surface area (Å²) < 4.78 is 27.9. The molecule has 0 unspecified atom stereocenters. The van der Waals surface area contributed by atoms with Crippen LogP contribution in [0.4, 0.5) is 0 Å². The Hall–Kier alpha value is -2.55. The van der Waals surface area contributed by atoms with Gasteiger partial charge in [0.05, 0.1) is 17.1 Å². The fourth-order valence-corrected chi connectivity index (χ4v) is 4.80. The molecule has 0 saturated carbocycles. The molecule has 126 valence electrons. The Bertz CT molecular complexity index is 1080. The average Bonchev–Trinajstić information content (AvgIpc) is 3.28. The number of hydrogen-bond acceptors (Lipinski definition) is 5. The van der Waals surface area contributed by atoms with Crippen LogP contribution in [0.5, 0.6) is 0 Å². The lowest BCUT2D eigenvalue weighted by atomic mass is 10.3. The minimum atomic E-state index is -3.58. The molecule has 2 N–H and O–H groups in total. The highest BCUT2D eigenvalue weighted by Gasteiger charge is 2.18. The van der Waals surface area contributed by atoms with Gasteiger partial charge in [-0.15, -0.1) is 11.3 Å². The lowest BCUT2D eigenvalue weighted by molar-refractivity contribution is 0.583. The van der Waals surface area contributed by atoms with Crippen molar-refractivity contribution < 1.29 is 8.42 Å². The number of aromatic amines is 1. The summed E-state index contributed by atoms with van der Waals surface area (Å²) >= 11 is 1.20. The van der Waals surface area contributed by atoms with Crippen LogP contribution in [0, 0.1) is 0 Å². The number of nitrogens with zero attached hydrogens (tertiary/aromatic N) is 2. The van der Waals surface area contributed by atoms with Gasteiger partial charge in [-0.2, -0.15) is 0 Å². The molecule has 0 amide bonds. The first-order valence-electron chi connectivity index (χ1n) is 7.55. The molecule has 6 nitrogen and oxygen atoms in total. The first kappa shape index (κ1) is 15.9. The summed E-state index contributed by atoms with van der Waals surface area (Å²) in [7, 11) is -3.58. The average molecular weight is 370 g/mol. The van der Waals surface area contributed by atoms with E-state index in [1.165, 1.54) is 11.3 Å². The van der Waals surface area contributed by atoms with Crippen molar-refractivity contribution in [3.8, 4) is 10.6 Å². The molecular formula is C17H14N4O2S2. The molecule has 25 heavy (non-hydrogen) atoms. The van der Waals surface area contributed by atoms with Crippen LogP contribution in [0.2, 0.25) is 0 Å². The van der Waals surface area contributed by atoms with Crippen LogP contribution in [-0.4, -0.2) is 23.4 Å². The SMILES string of the molecule is O=S(=O)(NCc1cc2cccnc2[nH]1)c1ccc(-c2ccccn2)s1. The van der Waals surface area contributed by atoms with E-state index in [1.54, 1.807) is 24.5 Å². The van der Waals surface area contributed by atoms with Gasteiger partial charge in [0.15, 0.2) is 0 Å². The van der Waals surface area contributed by atoms with Crippen LogP contribution in [-0.2, 0) is 16.6 Å². The number of thiophene rings is 1. The molecule has 4 aromatic heterocycles. The molecule has 0 aliphatic heterocycles. The Labute approximate surface area is 148 Å². The molecule has 0 aliphatic carbocycles. The van der Waals surface area contributed by atoms with E-state index in [0.29, 0.717) is 0 Å². The number of hydrogen-bond donors (Lipinski definition) is 2. The van der Waals surface area contributed by atoms with Crippen LogP contribution in [0.15, 0.2) is 65.1 Å². The molecule has 4 rings (SSSR count). The lowest BCUT2D eigenvalue weighted by Gasteiger charge is -2.03. The van der Waals surface area contributed by atoms with Gasteiger partial charge in [0.2, 0.25) is 10.0 Å². The summed E-state index contributed by atoms with van der Waals surface area (Å²) in [5, 5.41) is 0.949. The number of H-pyrrole nitrogens is 1. The van der Waals surface area contributed by atoms with Crippen molar-refractivity contribution in [2.45, 2.75) is 10.8 Å². The zero-order chi connectivity index (χ0) is 17.3. The zero-order valence-corrected chi connectivity index (χ0v) is 14.6. The van der Waals surface area contributed by atoms with E-state index >= 15 is 0 Å². The second-order valence-electron chi connectivity index (χ2n) is 5.39. The van der Waals surface area contributed by atoms with E-state index in [4.69, 9.17) is 0 Å². The third-order valence-electron chi connectivity index (χ3n) is 3.66. The third kappa shape index (κ3) is 3.32. The second-order valence-corrected chi connectivity index (χ2v) is 8.47. The van der Waals surface area contributed by atoms with Gasteiger partial charge < -0.3 is 4.98 Å². The second kappa shape index (κ2) is 6.40. The van der Waals surface area contributed by atoms with E-state index in [0.717, 1.165) is 27.3 Å². The summed E-state index contributed by atoms with van der Waals surface area (Å²) in [6.45, 7) is 0.176. The molecule has 0 spiro atoms. The summed E-state index contributed by atoms with van der Waals surface area (Å²) in [6.07, 6.45) is 3.38. The number of nitrogens with one attached hydrogen (secondary N) is 2. The monoisotopic (exact) mass is 370 g/mol. The molecule has 8 heteroatoms. The Kier molecular flexibility index (Phi) is 4.08. The first-order chi connectivity index (χ1) is 12.1. The van der Waals surface area contributed by atoms with Gasteiger partial charge in [-0.1, -0.05) is 6.07 Å². The van der Waals surface area contributed by atoms with Crippen molar-refractivity contribution in [3.63, 3.8) is 0 Å². The highest BCUT2D eigenvalue weighted by Crippen LogP contribution is 2.29. The smallest absolute Gasteiger partial charge is 0.250 e. The van der Waals surface area contributed by atoms with Gasteiger partial charge >= 0.3 is 0 Å². The van der Waals surface area contributed by atoms with Crippen molar-refractivity contribution in [2.75, 3.05) is 0 Å². The number of aromatic nitrogens is 3. The van der Waals surface area contributed by atoms with Crippen molar-refractivity contribution in [2.24, 2.45) is 0 Å². The molecule has 0 aliphatic rings. The maximum absolute atomic E-state index is 12.5. The maximum atomic E-state index is 12.5. The molecule has 0 fully saturated rings. The van der Waals surface area contributed by atoms with Crippen molar-refractivity contribution >= 4 is 32.4 Å². The molecule has 4 heterocycles. The summed E-state index contributed by atoms with van der Waals surface area (Å²) in [5.74, 6) is 0. The minimum Gasteiger partial charge on any atom is -0.342 e. The fraction of sp³-hybridized carbons (Fsp3) is 0.0588. The highest BCUT2D eigenvalue weighted by molar-refractivity contribution is 7.91. The van der Waals surface area contributed by atoms with Crippen LogP contribution < -0.4 is 4.72 Å². The third-order valence-corrected chi connectivity index (χ3v) is 6.66. The van der Waals surface area contributed by atoms with Gasteiger partial charge in [0, 0.05) is 23.5 Å². The summed E-state index contributed by atoms with van der Waals surface area (Å²) in [5.41, 5.74) is 2.26. The molecule has 0 bridgehead atoms. The van der Waals surface area contributed by atoms with Gasteiger partial charge in [-0.05, 0) is 42.5 Å².